The number of hydrogen-bond donors (Lipinski definition) is 3. The van der Waals surface area contributed by atoms with Crippen molar-refractivity contribution < 1.29 is 9.59 Å². The number of rotatable bonds is 6. The molecule has 0 aromatic carbocycles. The highest BCUT2D eigenvalue weighted by atomic mass is 32.1. The Morgan fingerprint density at radius 2 is 2.17 bits per heavy atom. The van der Waals surface area contributed by atoms with Gasteiger partial charge in [0.05, 0.1) is 0 Å². The summed E-state index contributed by atoms with van der Waals surface area (Å²) in [5.41, 5.74) is 5.80. The maximum absolute atomic E-state index is 11.8. The minimum atomic E-state index is -0.716. The van der Waals surface area contributed by atoms with Crippen LogP contribution in [-0.2, 0) is 9.59 Å². The SMILES string of the molecule is CCCNC(=O)C(C)NC(=O)C(N)c1cccs1. The van der Waals surface area contributed by atoms with Crippen molar-refractivity contribution >= 4 is 23.2 Å². The summed E-state index contributed by atoms with van der Waals surface area (Å²) in [5, 5.41) is 7.19. The van der Waals surface area contributed by atoms with Crippen LogP contribution in [0.25, 0.3) is 0 Å². The van der Waals surface area contributed by atoms with Gasteiger partial charge in [0.1, 0.15) is 12.1 Å². The van der Waals surface area contributed by atoms with Gasteiger partial charge in [0.15, 0.2) is 0 Å². The molecule has 2 unspecified atom stereocenters. The third-order valence-corrected chi connectivity index (χ3v) is 3.39. The summed E-state index contributed by atoms with van der Waals surface area (Å²) in [6.07, 6.45) is 0.862. The van der Waals surface area contributed by atoms with Crippen LogP contribution in [-0.4, -0.2) is 24.4 Å². The Balaban J connectivity index is 2.46. The smallest absolute Gasteiger partial charge is 0.242 e. The van der Waals surface area contributed by atoms with Gasteiger partial charge in [0, 0.05) is 11.4 Å². The van der Waals surface area contributed by atoms with Gasteiger partial charge in [-0.2, -0.15) is 0 Å². The fraction of sp³-hybridized carbons (Fsp3) is 0.500. The second kappa shape index (κ2) is 7.13. The normalized spacial score (nSPS) is 13.7. The molecule has 0 fully saturated rings. The van der Waals surface area contributed by atoms with E-state index in [2.05, 4.69) is 10.6 Å². The molecule has 1 aromatic heterocycles. The van der Waals surface area contributed by atoms with E-state index < -0.39 is 12.1 Å². The van der Waals surface area contributed by atoms with Gasteiger partial charge in [0.25, 0.3) is 0 Å². The van der Waals surface area contributed by atoms with Gasteiger partial charge in [-0.3, -0.25) is 9.59 Å². The summed E-state index contributed by atoms with van der Waals surface area (Å²) in [6, 6.07) is 2.35. The fourth-order valence-electron chi connectivity index (χ4n) is 1.37. The average molecular weight is 269 g/mol. The molecule has 0 aliphatic heterocycles. The molecule has 100 valence electrons. The molecule has 0 aliphatic carbocycles. The van der Waals surface area contributed by atoms with E-state index in [1.54, 1.807) is 13.0 Å². The molecule has 0 radical (unpaired) electrons. The minimum Gasteiger partial charge on any atom is -0.354 e. The first-order valence-corrected chi connectivity index (χ1v) is 6.81. The Morgan fingerprint density at radius 3 is 2.72 bits per heavy atom. The van der Waals surface area contributed by atoms with Crippen LogP contribution in [0, 0.1) is 0 Å². The van der Waals surface area contributed by atoms with Crippen molar-refractivity contribution in [3.05, 3.63) is 22.4 Å². The van der Waals surface area contributed by atoms with Crippen LogP contribution >= 0.6 is 11.3 Å². The molecule has 2 atom stereocenters. The zero-order valence-electron chi connectivity index (χ0n) is 10.6. The van der Waals surface area contributed by atoms with Crippen molar-refractivity contribution in [2.45, 2.75) is 32.4 Å². The molecular formula is C12H19N3O2S. The third-order valence-electron chi connectivity index (χ3n) is 2.43. The Labute approximate surface area is 111 Å². The van der Waals surface area contributed by atoms with E-state index >= 15 is 0 Å². The Hall–Kier alpha value is -1.40. The second-order valence-corrected chi connectivity index (χ2v) is 4.99. The van der Waals surface area contributed by atoms with E-state index in [1.165, 1.54) is 11.3 Å². The van der Waals surface area contributed by atoms with Crippen LogP contribution in [0.3, 0.4) is 0 Å². The van der Waals surface area contributed by atoms with Crippen molar-refractivity contribution in [1.29, 1.82) is 0 Å². The number of carbonyl (C=O) groups is 2. The molecule has 0 bridgehead atoms. The van der Waals surface area contributed by atoms with E-state index in [0.29, 0.717) is 6.54 Å². The summed E-state index contributed by atoms with van der Waals surface area (Å²) in [7, 11) is 0. The topological polar surface area (TPSA) is 84.2 Å². The average Bonchev–Trinajstić information content (AvgIpc) is 2.88. The van der Waals surface area contributed by atoms with E-state index in [1.807, 2.05) is 18.4 Å². The Bertz CT molecular complexity index is 392. The van der Waals surface area contributed by atoms with Crippen molar-refractivity contribution in [3.8, 4) is 0 Å². The van der Waals surface area contributed by atoms with Crippen molar-refractivity contribution in [3.63, 3.8) is 0 Å². The fourth-order valence-corrected chi connectivity index (χ4v) is 2.09. The van der Waals surface area contributed by atoms with Gasteiger partial charge in [-0.15, -0.1) is 11.3 Å². The van der Waals surface area contributed by atoms with Gasteiger partial charge in [-0.1, -0.05) is 13.0 Å². The highest BCUT2D eigenvalue weighted by Crippen LogP contribution is 2.16. The van der Waals surface area contributed by atoms with Crippen LogP contribution in [0.15, 0.2) is 17.5 Å². The predicted octanol–water partition coefficient (Wildman–Crippen LogP) is 0.779. The summed E-state index contributed by atoms with van der Waals surface area (Å²) >= 11 is 1.42. The number of thiophene rings is 1. The summed E-state index contributed by atoms with van der Waals surface area (Å²) in [4.78, 5) is 24.2. The molecule has 6 heteroatoms. The van der Waals surface area contributed by atoms with Gasteiger partial charge >= 0.3 is 0 Å². The zero-order valence-corrected chi connectivity index (χ0v) is 11.4. The quantitative estimate of drug-likeness (QED) is 0.713. The van der Waals surface area contributed by atoms with E-state index in [-0.39, 0.29) is 11.8 Å². The molecule has 4 N–H and O–H groups in total. The maximum atomic E-state index is 11.8. The van der Waals surface area contributed by atoms with Gasteiger partial charge in [-0.05, 0) is 24.8 Å². The van der Waals surface area contributed by atoms with E-state index in [4.69, 9.17) is 5.73 Å². The molecule has 1 aromatic rings. The Morgan fingerprint density at radius 1 is 1.44 bits per heavy atom. The molecule has 1 heterocycles. The maximum Gasteiger partial charge on any atom is 0.242 e. The largest absolute Gasteiger partial charge is 0.354 e. The van der Waals surface area contributed by atoms with Crippen LogP contribution < -0.4 is 16.4 Å². The van der Waals surface area contributed by atoms with Gasteiger partial charge in [-0.25, -0.2) is 0 Å². The van der Waals surface area contributed by atoms with Gasteiger partial charge in [0.2, 0.25) is 11.8 Å². The predicted molar refractivity (Wildman–Crippen MR) is 72.2 cm³/mol. The minimum absolute atomic E-state index is 0.191. The van der Waals surface area contributed by atoms with Crippen LogP contribution in [0.2, 0.25) is 0 Å². The van der Waals surface area contributed by atoms with E-state index in [9.17, 15) is 9.59 Å². The molecule has 0 saturated carbocycles. The lowest BCUT2D eigenvalue weighted by Crippen LogP contribution is -2.47. The van der Waals surface area contributed by atoms with E-state index in [0.717, 1.165) is 11.3 Å². The first kappa shape index (κ1) is 14.7. The highest BCUT2D eigenvalue weighted by molar-refractivity contribution is 7.10. The molecule has 0 saturated heterocycles. The standard InChI is InChI=1S/C12H19N3O2S/c1-3-6-14-11(16)8(2)15-12(17)10(13)9-5-4-7-18-9/h4-5,7-8,10H,3,6,13H2,1-2H3,(H,14,16)(H,15,17). The number of carbonyl (C=O) groups excluding carboxylic acids is 2. The molecule has 18 heavy (non-hydrogen) atoms. The third kappa shape index (κ3) is 4.12. The number of nitrogens with one attached hydrogen (secondary N) is 2. The molecule has 5 nitrogen and oxygen atoms in total. The van der Waals surface area contributed by atoms with Crippen molar-refractivity contribution in [2.75, 3.05) is 6.54 Å². The van der Waals surface area contributed by atoms with Crippen LogP contribution in [0.4, 0.5) is 0 Å². The molecule has 0 spiro atoms. The lowest BCUT2D eigenvalue weighted by molar-refractivity contribution is -0.129. The van der Waals surface area contributed by atoms with Gasteiger partial charge < -0.3 is 16.4 Å². The highest BCUT2D eigenvalue weighted by Gasteiger charge is 2.21. The monoisotopic (exact) mass is 269 g/mol. The molecule has 0 aliphatic rings. The number of amides is 2. The van der Waals surface area contributed by atoms with Crippen molar-refractivity contribution in [2.24, 2.45) is 5.73 Å². The van der Waals surface area contributed by atoms with Crippen LogP contribution in [0.1, 0.15) is 31.2 Å². The first-order chi connectivity index (χ1) is 8.56. The Kier molecular flexibility index (Phi) is 5.80. The second-order valence-electron chi connectivity index (χ2n) is 4.01. The first-order valence-electron chi connectivity index (χ1n) is 5.93. The van der Waals surface area contributed by atoms with Crippen molar-refractivity contribution in [1.82, 2.24) is 10.6 Å². The number of hydrogen-bond acceptors (Lipinski definition) is 4. The number of nitrogens with two attached hydrogens (primary N) is 1. The lowest BCUT2D eigenvalue weighted by Gasteiger charge is -2.16. The summed E-state index contributed by atoms with van der Waals surface area (Å²) in [5.74, 6) is -0.528. The molecule has 1 rings (SSSR count). The van der Waals surface area contributed by atoms with Crippen LogP contribution in [0.5, 0.6) is 0 Å². The summed E-state index contributed by atoms with van der Waals surface area (Å²) < 4.78 is 0. The zero-order chi connectivity index (χ0) is 13.5. The molecule has 2 amide bonds. The molecular weight excluding hydrogens is 250 g/mol. The summed E-state index contributed by atoms with van der Waals surface area (Å²) in [6.45, 7) is 4.22. The lowest BCUT2D eigenvalue weighted by atomic mass is 10.2.